The molecule has 1 atom stereocenters. The maximum Gasteiger partial charge on any atom is 0.295 e. The van der Waals surface area contributed by atoms with E-state index >= 15 is 0 Å². The Morgan fingerprint density at radius 1 is 1.05 bits per heavy atom. The number of amides is 1. The van der Waals surface area contributed by atoms with Crippen LogP contribution < -0.4 is 9.47 Å². The van der Waals surface area contributed by atoms with Crippen LogP contribution in [0.3, 0.4) is 0 Å². The second-order valence-electron chi connectivity index (χ2n) is 9.56. The molecule has 2 fully saturated rings. The molecule has 1 amide bonds. The van der Waals surface area contributed by atoms with Gasteiger partial charge in [0, 0.05) is 31.7 Å². The molecule has 2 heterocycles. The molecule has 8 heteroatoms. The van der Waals surface area contributed by atoms with Gasteiger partial charge in [-0.25, -0.2) is 0 Å². The van der Waals surface area contributed by atoms with E-state index in [1.807, 2.05) is 45.0 Å². The number of ketones is 1. The predicted octanol–water partition coefficient (Wildman–Crippen LogP) is 4.02. The van der Waals surface area contributed by atoms with Crippen molar-refractivity contribution in [2.45, 2.75) is 39.3 Å². The van der Waals surface area contributed by atoms with Crippen molar-refractivity contribution >= 4 is 17.4 Å². The number of morpholine rings is 1. The highest BCUT2D eigenvalue weighted by Gasteiger charge is 2.46. The van der Waals surface area contributed by atoms with Crippen molar-refractivity contribution in [1.82, 2.24) is 9.80 Å². The molecule has 2 aliphatic rings. The largest absolute Gasteiger partial charge is 0.507 e. The number of likely N-dealkylation sites (tertiary alicyclic amines) is 1. The molecule has 0 bridgehead atoms. The van der Waals surface area contributed by atoms with Gasteiger partial charge >= 0.3 is 0 Å². The number of hydrogen-bond donors (Lipinski definition) is 1. The van der Waals surface area contributed by atoms with E-state index < -0.39 is 17.7 Å². The van der Waals surface area contributed by atoms with Crippen LogP contribution in [0.4, 0.5) is 0 Å². The Morgan fingerprint density at radius 2 is 1.78 bits per heavy atom. The molecule has 2 aromatic rings. The maximum absolute atomic E-state index is 13.3. The number of nitrogens with zero attached hydrogens (tertiary/aromatic N) is 2. The molecule has 8 nitrogen and oxygen atoms in total. The molecule has 198 valence electrons. The highest BCUT2D eigenvalue weighted by molar-refractivity contribution is 6.46. The third-order valence-corrected chi connectivity index (χ3v) is 6.45. The van der Waals surface area contributed by atoms with Gasteiger partial charge < -0.3 is 24.2 Å². The highest BCUT2D eigenvalue weighted by Crippen LogP contribution is 2.40. The van der Waals surface area contributed by atoms with Crippen LogP contribution >= 0.6 is 0 Å². The number of ether oxygens (including phenoxy) is 3. The maximum atomic E-state index is 13.3. The minimum atomic E-state index is -0.724. The molecule has 0 spiro atoms. The third kappa shape index (κ3) is 6.32. The quantitative estimate of drug-likeness (QED) is 0.295. The Bertz CT molecular complexity index is 1120. The van der Waals surface area contributed by atoms with Gasteiger partial charge in [-0.05, 0) is 62.2 Å². The third-order valence-electron chi connectivity index (χ3n) is 6.45. The van der Waals surface area contributed by atoms with Crippen LogP contribution in [0.2, 0.25) is 0 Å². The zero-order valence-corrected chi connectivity index (χ0v) is 21.8. The normalized spacial score (nSPS) is 20.0. The van der Waals surface area contributed by atoms with Crippen molar-refractivity contribution in [2.24, 2.45) is 0 Å². The lowest BCUT2D eigenvalue weighted by molar-refractivity contribution is -0.140. The van der Waals surface area contributed by atoms with Crippen molar-refractivity contribution in [3.8, 4) is 11.5 Å². The van der Waals surface area contributed by atoms with E-state index in [1.54, 1.807) is 29.2 Å². The summed E-state index contributed by atoms with van der Waals surface area (Å²) in [6.07, 6.45) is 0.872. The second-order valence-corrected chi connectivity index (χ2v) is 9.56. The number of aliphatic hydroxyl groups excluding tert-OH is 1. The van der Waals surface area contributed by atoms with Crippen LogP contribution in [0.25, 0.3) is 5.76 Å². The molecule has 0 radical (unpaired) electrons. The van der Waals surface area contributed by atoms with Crippen molar-refractivity contribution in [3.05, 3.63) is 65.2 Å². The van der Waals surface area contributed by atoms with E-state index in [2.05, 4.69) is 4.90 Å². The first-order valence-electron chi connectivity index (χ1n) is 13.0. The van der Waals surface area contributed by atoms with Crippen molar-refractivity contribution in [3.63, 3.8) is 0 Å². The second kappa shape index (κ2) is 12.3. The Balaban J connectivity index is 1.71. The van der Waals surface area contributed by atoms with Crippen molar-refractivity contribution < 1.29 is 28.9 Å². The summed E-state index contributed by atoms with van der Waals surface area (Å²) >= 11 is 0. The first-order chi connectivity index (χ1) is 17.9. The van der Waals surface area contributed by atoms with Gasteiger partial charge in [0.05, 0.1) is 37.5 Å². The zero-order chi connectivity index (χ0) is 26.4. The molecule has 0 aliphatic carbocycles. The minimum Gasteiger partial charge on any atom is -0.507 e. The monoisotopic (exact) mass is 508 g/mol. The predicted molar refractivity (Wildman–Crippen MR) is 141 cm³/mol. The highest BCUT2D eigenvalue weighted by atomic mass is 16.5. The van der Waals surface area contributed by atoms with E-state index in [1.165, 1.54) is 0 Å². The molecule has 0 aromatic heterocycles. The molecule has 1 N–H and O–H groups in total. The van der Waals surface area contributed by atoms with Gasteiger partial charge in [0.2, 0.25) is 0 Å². The van der Waals surface area contributed by atoms with E-state index in [0.29, 0.717) is 50.0 Å². The fraction of sp³-hybridized carbons (Fsp3) is 0.448. The summed E-state index contributed by atoms with van der Waals surface area (Å²) in [6, 6.07) is 13.6. The number of carbonyl (C=O) groups is 2. The minimum absolute atomic E-state index is 0.0124. The van der Waals surface area contributed by atoms with Gasteiger partial charge in [0.1, 0.15) is 17.3 Å². The number of rotatable bonds is 10. The van der Waals surface area contributed by atoms with Gasteiger partial charge in [-0.15, -0.1) is 0 Å². The Morgan fingerprint density at radius 3 is 2.46 bits per heavy atom. The molecule has 0 saturated carbocycles. The number of hydrogen-bond acceptors (Lipinski definition) is 7. The molecular formula is C29H36N2O6. The fourth-order valence-electron chi connectivity index (χ4n) is 4.64. The molecular weight excluding hydrogens is 472 g/mol. The smallest absolute Gasteiger partial charge is 0.295 e. The Labute approximate surface area is 218 Å². The van der Waals surface area contributed by atoms with Crippen LogP contribution in [-0.4, -0.2) is 78.7 Å². The van der Waals surface area contributed by atoms with Gasteiger partial charge in [0.15, 0.2) is 0 Å². The SMILES string of the molecule is CCCOc1cccc([C@H]2/C(=C(\O)c3ccc(OC(C)C)cc3)C(=O)C(=O)N2CCN2CCOCC2)c1. The number of Topliss-reactive ketones (excluding diaryl/α,β-unsaturated/α-hetero) is 1. The first kappa shape index (κ1) is 26.7. The standard InChI is InChI=1S/C29H36N2O6/c1-4-16-36-24-7-5-6-22(19-24)26-25(27(32)21-8-10-23(11-9-21)37-20(2)3)28(33)29(34)31(26)13-12-30-14-17-35-18-15-30/h5-11,19-20,26,32H,4,12-18H2,1-3H3/b27-25+/t26-/m0/s1. The molecule has 2 aromatic carbocycles. The lowest BCUT2D eigenvalue weighted by Crippen LogP contribution is -2.42. The fourth-order valence-corrected chi connectivity index (χ4v) is 4.64. The Kier molecular flexibility index (Phi) is 8.84. The summed E-state index contributed by atoms with van der Waals surface area (Å²) in [5, 5.41) is 11.3. The average Bonchev–Trinajstić information content (AvgIpc) is 3.16. The summed E-state index contributed by atoms with van der Waals surface area (Å²) in [5.74, 6) is -0.178. The summed E-state index contributed by atoms with van der Waals surface area (Å²) < 4.78 is 17.0. The summed E-state index contributed by atoms with van der Waals surface area (Å²) in [5.41, 5.74) is 1.25. The molecule has 2 aliphatic heterocycles. The first-order valence-corrected chi connectivity index (χ1v) is 13.0. The molecule has 0 unspecified atom stereocenters. The number of carbonyl (C=O) groups excluding carboxylic acids is 2. The molecule has 2 saturated heterocycles. The average molecular weight is 509 g/mol. The Hall–Kier alpha value is -3.36. The van der Waals surface area contributed by atoms with Crippen LogP contribution in [0.15, 0.2) is 54.1 Å². The van der Waals surface area contributed by atoms with Crippen LogP contribution in [0, 0.1) is 0 Å². The zero-order valence-electron chi connectivity index (χ0n) is 21.8. The summed E-state index contributed by atoms with van der Waals surface area (Å²) in [4.78, 5) is 30.4. The van der Waals surface area contributed by atoms with E-state index in [-0.39, 0.29) is 17.4 Å². The van der Waals surface area contributed by atoms with Crippen molar-refractivity contribution in [2.75, 3.05) is 46.0 Å². The molecule has 4 rings (SSSR count). The van der Waals surface area contributed by atoms with E-state index in [0.717, 1.165) is 25.1 Å². The topological polar surface area (TPSA) is 88.5 Å². The van der Waals surface area contributed by atoms with Crippen LogP contribution in [-0.2, 0) is 14.3 Å². The van der Waals surface area contributed by atoms with Gasteiger partial charge in [0.25, 0.3) is 11.7 Å². The summed E-state index contributed by atoms with van der Waals surface area (Å²) in [6.45, 7) is 10.3. The van der Waals surface area contributed by atoms with Gasteiger partial charge in [-0.1, -0.05) is 19.1 Å². The lowest BCUT2D eigenvalue weighted by Gasteiger charge is -2.31. The van der Waals surface area contributed by atoms with E-state index in [4.69, 9.17) is 14.2 Å². The molecule has 37 heavy (non-hydrogen) atoms. The van der Waals surface area contributed by atoms with Crippen LogP contribution in [0.1, 0.15) is 44.4 Å². The van der Waals surface area contributed by atoms with Gasteiger partial charge in [-0.3, -0.25) is 14.5 Å². The van der Waals surface area contributed by atoms with Gasteiger partial charge in [-0.2, -0.15) is 0 Å². The number of aliphatic hydroxyl groups is 1. The lowest BCUT2D eigenvalue weighted by atomic mass is 9.95. The summed E-state index contributed by atoms with van der Waals surface area (Å²) in [7, 11) is 0. The number of benzene rings is 2. The van der Waals surface area contributed by atoms with E-state index in [9.17, 15) is 14.7 Å². The van der Waals surface area contributed by atoms with Crippen LogP contribution in [0.5, 0.6) is 11.5 Å². The van der Waals surface area contributed by atoms with Crippen molar-refractivity contribution in [1.29, 1.82) is 0 Å².